The zero-order valence-electron chi connectivity index (χ0n) is 12.8. The zero-order chi connectivity index (χ0) is 16.0. The Morgan fingerprint density at radius 3 is 2.33 bits per heavy atom. The molecule has 0 saturated carbocycles. The Morgan fingerprint density at radius 1 is 1.29 bits per heavy atom. The number of nitrogens with two attached hydrogens (primary N) is 1. The molecule has 0 aromatic heterocycles. The van der Waals surface area contributed by atoms with Gasteiger partial charge in [0.05, 0.1) is 6.04 Å². The zero-order valence-corrected chi connectivity index (χ0v) is 12.8. The Morgan fingerprint density at radius 2 is 1.86 bits per heavy atom. The second-order valence-corrected chi connectivity index (χ2v) is 5.91. The molecule has 5 nitrogen and oxygen atoms in total. The van der Waals surface area contributed by atoms with Crippen LogP contribution in [0.5, 0.6) is 0 Å². The topological polar surface area (TPSA) is 84.2 Å². The highest BCUT2D eigenvalue weighted by Crippen LogP contribution is 2.19. The normalized spacial score (nSPS) is 12.4. The van der Waals surface area contributed by atoms with Gasteiger partial charge in [-0.15, -0.1) is 6.58 Å². The minimum Gasteiger partial charge on any atom is -0.349 e. The SMILES string of the molecule is C=CCNC(=O)c1ccc(NC(=O)C(N)C(C)(C)C)cc1. The third-order valence-corrected chi connectivity index (χ3v) is 3.04. The molecule has 2 amide bonds. The molecule has 5 heteroatoms. The summed E-state index contributed by atoms with van der Waals surface area (Å²) < 4.78 is 0. The van der Waals surface area contributed by atoms with Gasteiger partial charge in [-0.1, -0.05) is 26.8 Å². The number of carbonyl (C=O) groups excluding carboxylic acids is 2. The number of anilines is 1. The van der Waals surface area contributed by atoms with E-state index in [-0.39, 0.29) is 17.2 Å². The number of nitrogens with one attached hydrogen (secondary N) is 2. The van der Waals surface area contributed by atoms with Crippen LogP contribution in [-0.4, -0.2) is 24.4 Å². The van der Waals surface area contributed by atoms with E-state index in [1.807, 2.05) is 20.8 Å². The lowest BCUT2D eigenvalue weighted by molar-refractivity contribution is -0.119. The quantitative estimate of drug-likeness (QED) is 0.724. The number of hydrogen-bond acceptors (Lipinski definition) is 3. The first kappa shape index (κ1) is 16.9. The Kier molecular flexibility index (Phi) is 5.67. The summed E-state index contributed by atoms with van der Waals surface area (Å²) >= 11 is 0. The van der Waals surface area contributed by atoms with Gasteiger partial charge in [0.1, 0.15) is 0 Å². The van der Waals surface area contributed by atoms with Crippen LogP contribution in [0, 0.1) is 5.41 Å². The third kappa shape index (κ3) is 5.04. The highest BCUT2D eigenvalue weighted by molar-refractivity contribution is 5.97. The summed E-state index contributed by atoms with van der Waals surface area (Å²) in [6.07, 6.45) is 1.61. The number of carbonyl (C=O) groups is 2. The smallest absolute Gasteiger partial charge is 0.251 e. The molecule has 1 unspecified atom stereocenters. The first-order chi connectivity index (χ1) is 9.75. The van der Waals surface area contributed by atoms with Crippen molar-refractivity contribution in [1.29, 1.82) is 0 Å². The maximum Gasteiger partial charge on any atom is 0.251 e. The summed E-state index contributed by atoms with van der Waals surface area (Å²) in [7, 11) is 0. The fraction of sp³-hybridized carbons (Fsp3) is 0.375. The van der Waals surface area contributed by atoms with Crippen LogP contribution in [-0.2, 0) is 4.79 Å². The van der Waals surface area contributed by atoms with Crippen LogP contribution in [0.3, 0.4) is 0 Å². The van der Waals surface area contributed by atoms with Crippen LogP contribution in [0.2, 0.25) is 0 Å². The van der Waals surface area contributed by atoms with Gasteiger partial charge in [0.25, 0.3) is 5.91 Å². The van der Waals surface area contributed by atoms with Crippen molar-refractivity contribution in [2.24, 2.45) is 11.1 Å². The van der Waals surface area contributed by atoms with E-state index < -0.39 is 6.04 Å². The van der Waals surface area contributed by atoms with Crippen molar-refractivity contribution in [3.05, 3.63) is 42.5 Å². The van der Waals surface area contributed by atoms with Gasteiger partial charge >= 0.3 is 0 Å². The molecule has 0 aliphatic rings. The van der Waals surface area contributed by atoms with Crippen LogP contribution < -0.4 is 16.4 Å². The Balaban J connectivity index is 2.69. The van der Waals surface area contributed by atoms with Crippen LogP contribution in [0.25, 0.3) is 0 Å². The minimum atomic E-state index is -0.604. The summed E-state index contributed by atoms with van der Waals surface area (Å²) in [5, 5.41) is 5.43. The molecule has 0 saturated heterocycles. The van der Waals surface area contributed by atoms with Crippen molar-refractivity contribution in [3.8, 4) is 0 Å². The minimum absolute atomic E-state index is 0.181. The molecular formula is C16H23N3O2. The molecule has 1 rings (SSSR count). The molecule has 1 atom stereocenters. The van der Waals surface area contributed by atoms with Gasteiger partial charge in [0.15, 0.2) is 0 Å². The van der Waals surface area contributed by atoms with Gasteiger partial charge in [-0.05, 0) is 29.7 Å². The van der Waals surface area contributed by atoms with Gasteiger partial charge in [0, 0.05) is 17.8 Å². The average Bonchev–Trinajstić information content (AvgIpc) is 2.43. The standard InChI is InChI=1S/C16H23N3O2/c1-5-10-18-14(20)11-6-8-12(9-7-11)19-15(21)13(17)16(2,3)4/h5-9,13H,1,10,17H2,2-4H3,(H,18,20)(H,19,21). The largest absolute Gasteiger partial charge is 0.349 e. The van der Waals surface area contributed by atoms with E-state index in [4.69, 9.17) is 5.73 Å². The number of amides is 2. The Hall–Kier alpha value is -2.14. The average molecular weight is 289 g/mol. The van der Waals surface area contributed by atoms with Crippen molar-refractivity contribution in [1.82, 2.24) is 5.32 Å². The molecule has 0 bridgehead atoms. The summed E-state index contributed by atoms with van der Waals surface area (Å²) in [5.74, 6) is -0.425. The second kappa shape index (κ2) is 7.04. The predicted molar refractivity (Wildman–Crippen MR) is 85.0 cm³/mol. The van der Waals surface area contributed by atoms with Gasteiger partial charge in [-0.2, -0.15) is 0 Å². The summed E-state index contributed by atoms with van der Waals surface area (Å²) in [6, 6.07) is 6.05. The summed E-state index contributed by atoms with van der Waals surface area (Å²) in [5.41, 5.74) is 6.71. The summed E-state index contributed by atoms with van der Waals surface area (Å²) in [6.45, 7) is 9.67. The van der Waals surface area contributed by atoms with E-state index >= 15 is 0 Å². The monoisotopic (exact) mass is 289 g/mol. The van der Waals surface area contributed by atoms with Crippen molar-refractivity contribution in [2.75, 3.05) is 11.9 Å². The third-order valence-electron chi connectivity index (χ3n) is 3.04. The molecule has 1 aromatic rings. The van der Waals surface area contributed by atoms with E-state index in [1.165, 1.54) is 0 Å². The maximum atomic E-state index is 12.0. The van der Waals surface area contributed by atoms with Crippen molar-refractivity contribution in [2.45, 2.75) is 26.8 Å². The van der Waals surface area contributed by atoms with Crippen molar-refractivity contribution >= 4 is 17.5 Å². The molecular weight excluding hydrogens is 266 g/mol. The summed E-state index contributed by atoms with van der Waals surface area (Å²) in [4.78, 5) is 23.7. The first-order valence-electron chi connectivity index (χ1n) is 6.81. The molecule has 0 aliphatic carbocycles. The van der Waals surface area contributed by atoms with E-state index in [0.717, 1.165) is 0 Å². The molecule has 1 aromatic carbocycles. The molecule has 114 valence electrons. The maximum absolute atomic E-state index is 12.0. The number of benzene rings is 1. The van der Waals surface area contributed by atoms with Crippen molar-refractivity contribution < 1.29 is 9.59 Å². The van der Waals surface area contributed by atoms with Crippen molar-refractivity contribution in [3.63, 3.8) is 0 Å². The van der Waals surface area contributed by atoms with Crippen LogP contribution in [0.15, 0.2) is 36.9 Å². The lowest BCUT2D eigenvalue weighted by atomic mass is 9.87. The van der Waals surface area contributed by atoms with Crippen LogP contribution >= 0.6 is 0 Å². The van der Waals surface area contributed by atoms with Gasteiger partial charge in [0.2, 0.25) is 5.91 Å². The molecule has 0 spiro atoms. The first-order valence-corrected chi connectivity index (χ1v) is 6.81. The lowest BCUT2D eigenvalue weighted by Crippen LogP contribution is -2.45. The molecule has 0 radical (unpaired) electrons. The molecule has 4 N–H and O–H groups in total. The fourth-order valence-corrected chi connectivity index (χ4v) is 1.59. The van der Waals surface area contributed by atoms with Crippen LogP contribution in [0.1, 0.15) is 31.1 Å². The Bertz CT molecular complexity index is 515. The molecule has 0 fully saturated rings. The van der Waals surface area contributed by atoms with E-state index in [0.29, 0.717) is 17.8 Å². The number of rotatable bonds is 5. The number of hydrogen-bond donors (Lipinski definition) is 3. The predicted octanol–water partition coefficient (Wildman–Crippen LogP) is 1.91. The second-order valence-electron chi connectivity index (χ2n) is 5.91. The highest BCUT2D eigenvalue weighted by Gasteiger charge is 2.27. The lowest BCUT2D eigenvalue weighted by Gasteiger charge is -2.25. The highest BCUT2D eigenvalue weighted by atomic mass is 16.2. The van der Waals surface area contributed by atoms with E-state index in [1.54, 1.807) is 30.3 Å². The van der Waals surface area contributed by atoms with Gasteiger partial charge < -0.3 is 16.4 Å². The van der Waals surface area contributed by atoms with Crippen LogP contribution in [0.4, 0.5) is 5.69 Å². The van der Waals surface area contributed by atoms with E-state index in [2.05, 4.69) is 17.2 Å². The van der Waals surface area contributed by atoms with E-state index in [9.17, 15) is 9.59 Å². The molecule has 0 aliphatic heterocycles. The van der Waals surface area contributed by atoms with Gasteiger partial charge in [-0.3, -0.25) is 9.59 Å². The molecule has 21 heavy (non-hydrogen) atoms. The Labute approximate surface area is 125 Å². The van der Waals surface area contributed by atoms with Gasteiger partial charge in [-0.25, -0.2) is 0 Å². The fourth-order valence-electron chi connectivity index (χ4n) is 1.59. The molecule has 0 heterocycles.